The van der Waals surface area contributed by atoms with Gasteiger partial charge in [-0.3, -0.25) is 0 Å². The van der Waals surface area contributed by atoms with Crippen molar-refractivity contribution in [1.29, 1.82) is 0 Å². The molecule has 2 rings (SSSR count). The third-order valence-corrected chi connectivity index (χ3v) is 3.61. The molecule has 1 aromatic carbocycles. The van der Waals surface area contributed by atoms with E-state index in [4.69, 9.17) is 10.2 Å². The van der Waals surface area contributed by atoms with E-state index in [1.807, 2.05) is 30.3 Å². The first-order chi connectivity index (χ1) is 8.29. The second-order valence-corrected chi connectivity index (χ2v) is 5.27. The topological polar surface area (TPSA) is 52.0 Å². The van der Waals surface area contributed by atoms with Crippen LogP contribution in [0.1, 0.15) is 12.8 Å². The van der Waals surface area contributed by atoms with Crippen LogP contribution < -0.4 is 5.73 Å². The van der Waals surface area contributed by atoms with E-state index in [9.17, 15) is 0 Å². The number of nitrogens with zero attached hydrogens (tertiary/aromatic N) is 1. The van der Waals surface area contributed by atoms with Crippen LogP contribution in [0.25, 0.3) is 11.3 Å². The van der Waals surface area contributed by atoms with Crippen LogP contribution in [0.3, 0.4) is 0 Å². The lowest BCUT2D eigenvalue weighted by Crippen LogP contribution is -2.12. The Bertz CT molecular complexity index is 455. The average molecular weight is 248 g/mol. The van der Waals surface area contributed by atoms with Gasteiger partial charge in [-0.15, -0.1) is 11.8 Å². The molecule has 90 valence electrons. The normalized spacial score (nSPS) is 12.6. The fraction of sp³-hybridized carbons (Fsp3) is 0.308. The second kappa shape index (κ2) is 5.89. The van der Waals surface area contributed by atoms with Gasteiger partial charge in [0.25, 0.3) is 0 Å². The van der Waals surface area contributed by atoms with Crippen LogP contribution in [0.4, 0.5) is 0 Å². The highest BCUT2D eigenvalue weighted by Gasteiger charge is 2.07. The van der Waals surface area contributed by atoms with Crippen LogP contribution in [-0.2, 0) is 5.75 Å². The molecule has 1 heterocycles. The SMILES string of the molecule is CC(CN)SCc1ncc(-c2ccccc2)o1. The fourth-order valence-electron chi connectivity index (χ4n) is 1.39. The number of benzene rings is 1. The van der Waals surface area contributed by atoms with Crippen molar-refractivity contribution in [2.75, 3.05) is 6.54 Å². The number of hydrogen-bond acceptors (Lipinski definition) is 4. The standard InChI is InChI=1S/C13H16N2OS/c1-10(7-14)17-9-13-15-8-12(16-13)11-5-3-2-4-6-11/h2-6,8,10H,7,9,14H2,1H3. The molecule has 0 aliphatic rings. The molecule has 4 heteroatoms. The van der Waals surface area contributed by atoms with Crippen molar-refractivity contribution in [2.24, 2.45) is 5.73 Å². The van der Waals surface area contributed by atoms with Crippen LogP contribution in [0.15, 0.2) is 40.9 Å². The Morgan fingerprint density at radius 3 is 2.82 bits per heavy atom. The zero-order chi connectivity index (χ0) is 12.1. The Morgan fingerprint density at radius 1 is 1.35 bits per heavy atom. The lowest BCUT2D eigenvalue weighted by Gasteiger charge is -2.04. The largest absolute Gasteiger partial charge is 0.440 e. The molecule has 2 aromatic rings. The Kier molecular flexibility index (Phi) is 4.23. The van der Waals surface area contributed by atoms with Crippen molar-refractivity contribution in [1.82, 2.24) is 4.98 Å². The molecule has 0 bridgehead atoms. The zero-order valence-electron chi connectivity index (χ0n) is 9.80. The van der Waals surface area contributed by atoms with Gasteiger partial charge < -0.3 is 10.2 Å². The van der Waals surface area contributed by atoms with E-state index in [1.54, 1.807) is 18.0 Å². The number of hydrogen-bond donors (Lipinski definition) is 1. The third-order valence-electron chi connectivity index (χ3n) is 2.44. The summed E-state index contributed by atoms with van der Waals surface area (Å²) in [5.74, 6) is 2.35. The Balaban J connectivity index is 2.01. The van der Waals surface area contributed by atoms with Crippen molar-refractivity contribution < 1.29 is 4.42 Å². The van der Waals surface area contributed by atoms with E-state index in [2.05, 4.69) is 11.9 Å². The molecule has 0 aliphatic heterocycles. The summed E-state index contributed by atoms with van der Waals surface area (Å²) in [4.78, 5) is 4.27. The molecule has 3 nitrogen and oxygen atoms in total. The summed E-state index contributed by atoms with van der Waals surface area (Å²) in [7, 11) is 0. The number of thioether (sulfide) groups is 1. The number of oxazole rings is 1. The van der Waals surface area contributed by atoms with Gasteiger partial charge in [0, 0.05) is 17.4 Å². The van der Waals surface area contributed by atoms with E-state index in [0.717, 1.165) is 23.0 Å². The minimum atomic E-state index is 0.432. The van der Waals surface area contributed by atoms with Gasteiger partial charge in [0.05, 0.1) is 11.9 Å². The molecule has 17 heavy (non-hydrogen) atoms. The Hall–Kier alpha value is -1.26. The maximum Gasteiger partial charge on any atom is 0.204 e. The fourth-order valence-corrected chi connectivity index (χ4v) is 2.09. The minimum absolute atomic E-state index is 0.432. The van der Waals surface area contributed by atoms with Gasteiger partial charge in [-0.25, -0.2) is 4.98 Å². The molecule has 2 N–H and O–H groups in total. The molecule has 0 radical (unpaired) electrons. The van der Waals surface area contributed by atoms with Gasteiger partial charge >= 0.3 is 0 Å². The first-order valence-corrected chi connectivity index (χ1v) is 6.66. The molecule has 0 fully saturated rings. The van der Waals surface area contributed by atoms with Gasteiger partial charge in [0.15, 0.2) is 5.76 Å². The number of rotatable bonds is 5. The highest BCUT2D eigenvalue weighted by Crippen LogP contribution is 2.23. The van der Waals surface area contributed by atoms with Crippen LogP contribution in [-0.4, -0.2) is 16.8 Å². The van der Waals surface area contributed by atoms with Crippen LogP contribution >= 0.6 is 11.8 Å². The van der Waals surface area contributed by atoms with Crippen molar-refractivity contribution in [3.05, 3.63) is 42.4 Å². The van der Waals surface area contributed by atoms with E-state index >= 15 is 0 Å². The molecule has 0 spiro atoms. The van der Waals surface area contributed by atoms with E-state index in [1.165, 1.54) is 0 Å². The van der Waals surface area contributed by atoms with Crippen LogP contribution in [0.2, 0.25) is 0 Å². The lowest BCUT2D eigenvalue weighted by atomic mass is 10.2. The van der Waals surface area contributed by atoms with Crippen molar-refractivity contribution in [2.45, 2.75) is 17.9 Å². The third kappa shape index (κ3) is 3.35. The molecule has 0 amide bonds. The van der Waals surface area contributed by atoms with Crippen molar-refractivity contribution in [3.8, 4) is 11.3 Å². The maximum absolute atomic E-state index is 5.69. The summed E-state index contributed by atoms with van der Waals surface area (Å²) >= 11 is 1.76. The first-order valence-electron chi connectivity index (χ1n) is 5.61. The highest BCUT2D eigenvalue weighted by atomic mass is 32.2. The average Bonchev–Trinajstić information content (AvgIpc) is 2.86. The van der Waals surface area contributed by atoms with Gasteiger partial charge in [0.2, 0.25) is 5.89 Å². The molecule has 1 unspecified atom stereocenters. The van der Waals surface area contributed by atoms with Gasteiger partial charge in [-0.2, -0.15) is 0 Å². The predicted molar refractivity (Wildman–Crippen MR) is 71.8 cm³/mol. The second-order valence-electron chi connectivity index (χ2n) is 3.84. The molecule has 1 aromatic heterocycles. The van der Waals surface area contributed by atoms with Gasteiger partial charge in [0.1, 0.15) is 0 Å². The summed E-state index contributed by atoms with van der Waals surface area (Å²) in [5.41, 5.74) is 6.62. The number of aromatic nitrogens is 1. The quantitative estimate of drug-likeness (QED) is 0.884. The molecule has 1 atom stereocenters. The summed E-state index contributed by atoms with van der Waals surface area (Å²) in [6, 6.07) is 9.99. The molecule has 0 saturated carbocycles. The van der Waals surface area contributed by atoms with E-state index in [-0.39, 0.29) is 0 Å². The summed E-state index contributed by atoms with van der Waals surface area (Å²) < 4.78 is 5.69. The zero-order valence-corrected chi connectivity index (χ0v) is 10.6. The van der Waals surface area contributed by atoms with Crippen molar-refractivity contribution in [3.63, 3.8) is 0 Å². The summed E-state index contributed by atoms with van der Waals surface area (Å²) in [6.45, 7) is 2.78. The molecule has 0 aliphatic carbocycles. The van der Waals surface area contributed by atoms with E-state index in [0.29, 0.717) is 11.8 Å². The van der Waals surface area contributed by atoms with Crippen LogP contribution in [0.5, 0.6) is 0 Å². The predicted octanol–water partition coefficient (Wildman–Crippen LogP) is 2.92. The van der Waals surface area contributed by atoms with Gasteiger partial charge in [-0.05, 0) is 0 Å². The summed E-state index contributed by atoms with van der Waals surface area (Å²) in [6.07, 6.45) is 1.78. The first kappa shape index (κ1) is 12.2. The Labute approximate surface area is 105 Å². The monoisotopic (exact) mass is 248 g/mol. The smallest absolute Gasteiger partial charge is 0.204 e. The Morgan fingerprint density at radius 2 is 2.12 bits per heavy atom. The molecule has 0 saturated heterocycles. The summed E-state index contributed by atoms with van der Waals surface area (Å²) in [5, 5.41) is 0.432. The van der Waals surface area contributed by atoms with Crippen molar-refractivity contribution >= 4 is 11.8 Å². The van der Waals surface area contributed by atoms with Gasteiger partial charge in [-0.1, -0.05) is 37.3 Å². The molecular weight excluding hydrogens is 232 g/mol. The lowest BCUT2D eigenvalue weighted by molar-refractivity contribution is 0.529. The van der Waals surface area contributed by atoms with Crippen LogP contribution in [0, 0.1) is 0 Å². The maximum atomic E-state index is 5.69. The number of nitrogens with two attached hydrogens (primary N) is 1. The van der Waals surface area contributed by atoms with E-state index < -0.39 is 0 Å². The highest BCUT2D eigenvalue weighted by molar-refractivity contribution is 7.99. The minimum Gasteiger partial charge on any atom is -0.440 e. The molecular formula is C13H16N2OS.